The predicted molar refractivity (Wildman–Crippen MR) is 87.4 cm³/mol. The molecule has 19 heavy (non-hydrogen) atoms. The van der Waals surface area contributed by atoms with E-state index in [9.17, 15) is 4.79 Å². The van der Waals surface area contributed by atoms with Gasteiger partial charge in [0, 0.05) is 12.8 Å². The van der Waals surface area contributed by atoms with E-state index in [4.69, 9.17) is 0 Å². The van der Waals surface area contributed by atoms with Crippen LogP contribution in [0.1, 0.15) is 75.2 Å². The van der Waals surface area contributed by atoms with Crippen molar-refractivity contribution in [1.29, 1.82) is 0 Å². The van der Waals surface area contributed by atoms with Crippen LogP contribution in [0, 0.1) is 10.8 Å². The van der Waals surface area contributed by atoms with Gasteiger partial charge in [0.25, 0.3) is 0 Å². The monoisotopic (exact) mass is 284 g/mol. The molecule has 0 bridgehead atoms. The first-order chi connectivity index (χ1) is 8.24. The number of carbonyl (C=O) groups is 1. The summed E-state index contributed by atoms with van der Waals surface area (Å²) >= 11 is 0. The summed E-state index contributed by atoms with van der Waals surface area (Å²) in [4.78, 5) is 12.3. The van der Waals surface area contributed by atoms with Crippen LogP contribution in [-0.2, 0) is 4.79 Å². The summed E-state index contributed by atoms with van der Waals surface area (Å²) in [6.07, 6.45) is 1.61. The Labute approximate surface area is 121 Å². The summed E-state index contributed by atoms with van der Waals surface area (Å²) in [5.41, 5.74) is 1.60. The Morgan fingerprint density at radius 1 is 0.789 bits per heavy atom. The number of Topliss-reactive ketones (excluding diaryl/α,β-unsaturated/α-hetero) is 1. The van der Waals surface area contributed by atoms with Gasteiger partial charge in [0.05, 0.1) is 0 Å². The molecular weight excluding hydrogens is 251 g/mol. The maximum atomic E-state index is 12.3. The zero-order valence-corrected chi connectivity index (χ0v) is 15.3. The Bertz CT molecular complexity index is 312. The van der Waals surface area contributed by atoms with Gasteiger partial charge in [-0.2, -0.15) is 0 Å². The average molecular weight is 284 g/mol. The molecule has 0 saturated carbocycles. The molecule has 0 aromatic rings. The molecule has 1 unspecified atom stereocenters. The SMILES string of the molecule is CC(C)(C)[C@@H]1CC(=O)C[C@H](C(C)(C)C)P1C(C)(C)C. The van der Waals surface area contributed by atoms with E-state index in [-0.39, 0.29) is 18.8 Å². The molecule has 0 N–H and O–H groups in total. The molecule has 0 aromatic heterocycles. The lowest BCUT2D eigenvalue weighted by Crippen LogP contribution is -2.45. The van der Waals surface area contributed by atoms with Crippen molar-refractivity contribution in [3.63, 3.8) is 0 Å². The number of hydrogen-bond donors (Lipinski definition) is 0. The molecule has 112 valence electrons. The molecule has 3 atom stereocenters. The molecule has 1 nitrogen and oxygen atoms in total. The molecule has 0 spiro atoms. The first-order valence-electron chi connectivity index (χ1n) is 7.55. The first-order valence-corrected chi connectivity index (χ1v) is 9.03. The van der Waals surface area contributed by atoms with Crippen molar-refractivity contribution in [3.8, 4) is 0 Å². The second-order valence-electron chi connectivity index (χ2n) is 9.29. The van der Waals surface area contributed by atoms with Gasteiger partial charge >= 0.3 is 0 Å². The van der Waals surface area contributed by atoms with Gasteiger partial charge in [-0.15, -0.1) is 0 Å². The highest BCUT2D eigenvalue weighted by Crippen LogP contribution is 2.68. The van der Waals surface area contributed by atoms with E-state index in [0.29, 0.717) is 22.3 Å². The fourth-order valence-electron chi connectivity index (χ4n) is 3.31. The van der Waals surface area contributed by atoms with Crippen LogP contribution in [0.4, 0.5) is 0 Å². The van der Waals surface area contributed by atoms with E-state index in [1.165, 1.54) is 0 Å². The number of rotatable bonds is 0. The topological polar surface area (TPSA) is 17.1 Å². The number of ketones is 1. The summed E-state index contributed by atoms with van der Waals surface area (Å²) in [6, 6.07) is 0. The lowest BCUT2D eigenvalue weighted by molar-refractivity contribution is -0.120. The van der Waals surface area contributed by atoms with Crippen LogP contribution in [-0.4, -0.2) is 22.3 Å². The predicted octanol–water partition coefficient (Wildman–Crippen LogP) is 5.46. The maximum Gasteiger partial charge on any atom is 0.134 e. The second kappa shape index (κ2) is 5.14. The molecule has 0 aliphatic carbocycles. The molecule has 1 fully saturated rings. The fraction of sp³-hybridized carbons (Fsp3) is 0.941. The first kappa shape index (κ1) is 17.2. The molecule has 0 aromatic carbocycles. The van der Waals surface area contributed by atoms with Crippen molar-refractivity contribution in [3.05, 3.63) is 0 Å². The van der Waals surface area contributed by atoms with Gasteiger partial charge in [-0.3, -0.25) is 4.79 Å². The molecule has 0 amide bonds. The summed E-state index contributed by atoms with van der Waals surface area (Å²) in [5.74, 6) is 0.489. The van der Waals surface area contributed by atoms with Crippen LogP contribution >= 0.6 is 7.92 Å². The molecular formula is C17H33OP. The Morgan fingerprint density at radius 3 is 1.32 bits per heavy atom. The highest BCUT2D eigenvalue weighted by molar-refractivity contribution is 7.61. The minimum absolute atomic E-state index is 0.163. The van der Waals surface area contributed by atoms with E-state index < -0.39 is 0 Å². The lowest BCUT2D eigenvalue weighted by atomic mass is 9.84. The Kier molecular flexibility index (Phi) is 4.64. The lowest BCUT2D eigenvalue weighted by Gasteiger charge is -2.54. The maximum absolute atomic E-state index is 12.3. The van der Waals surface area contributed by atoms with Crippen molar-refractivity contribution in [1.82, 2.24) is 0 Å². The normalized spacial score (nSPS) is 30.6. The van der Waals surface area contributed by atoms with Gasteiger partial charge in [0.15, 0.2) is 0 Å². The van der Waals surface area contributed by atoms with Gasteiger partial charge in [0.1, 0.15) is 5.78 Å². The van der Waals surface area contributed by atoms with Crippen molar-refractivity contribution >= 4 is 13.7 Å². The minimum atomic E-state index is -0.163. The zero-order chi connectivity index (χ0) is 15.2. The summed E-state index contributed by atoms with van der Waals surface area (Å²) in [7, 11) is -0.163. The van der Waals surface area contributed by atoms with Crippen LogP contribution in [0.3, 0.4) is 0 Å². The van der Waals surface area contributed by atoms with Crippen LogP contribution < -0.4 is 0 Å². The summed E-state index contributed by atoms with van der Waals surface area (Å²) in [5, 5.41) is 0.325. The standard InChI is InChI=1S/C17H33OP/c1-15(2,3)13-10-12(18)11-14(16(4,5)6)19(13)17(7,8)9/h13-14H,10-11H2,1-9H3/t13-,14+,19?. The Hall–Kier alpha value is 0.100. The van der Waals surface area contributed by atoms with Crippen LogP contribution in [0.15, 0.2) is 0 Å². The molecule has 0 radical (unpaired) electrons. The molecule has 2 heteroatoms. The van der Waals surface area contributed by atoms with E-state index in [0.717, 1.165) is 12.8 Å². The van der Waals surface area contributed by atoms with E-state index in [1.807, 2.05) is 0 Å². The minimum Gasteiger partial charge on any atom is -0.300 e. The number of carbonyl (C=O) groups excluding carboxylic acids is 1. The molecule has 1 saturated heterocycles. The highest BCUT2D eigenvalue weighted by Gasteiger charge is 2.50. The largest absolute Gasteiger partial charge is 0.300 e. The fourth-order valence-corrected chi connectivity index (χ4v) is 8.08. The highest BCUT2D eigenvalue weighted by atomic mass is 31.1. The summed E-state index contributed by atoms with van der Waals surface area (Å²) in [6.45, 7) is 21.0. The molecule has 1 rings (SSSR count). The third kappa shape index (κ3) is 4.03. The summed E-state index contributed by atoms with van der Waals surface area (Å²) < 4.78 is 0. The smallest absolute Gasteiger partial charge is 0.134 e. The molecule has 1 heterocycles. The van der Waals surface area contributed by atoms with E-state index >= 15 is 0 Å². The van der Waals surface area contributed by atoms with Crippen LogP contribution in [0.2, 0.25) is 0 Å². The van der Waals surface area contributed by atoms with Gasteiger partial charge in [0.2, 0.25) is 0 Å². The zero-order valence-electron chi connectivity index (χ0n) is 14.4. The van der Waals surface area contributed by atoms with Crippen LogP contribution in [0.5, 0.6) is 0 Å². The average Bonchev–Trinajstić information content (AvgIpc) is 2.11. The van der Waals surface area contributed by atoms with Crippen LogP contribution in [0.25, 0.3) is 0 Å². The third-order valence-electron chi connectivity index (χ3n) is 4.29. The van der Waals surface area contributed by atoms with Gasteiger partial charge in [-0.05, 0) is 27.3 Å². The number of hydrogen-bond acceptors (Lipinski definition) is 1. The Morgan fingerprint density at radius 2 is 1.11 bits per heavy atom. The van der Waals surface area contributed by atoms with E-state index in [1.54, 1.807) is 0 Å². The quantitative estimate of drug-likeness (QED) is 0.540. The second-order valence-corrected chi connectivity index (χ2v) is 12.7. The van der Waals surface area contributed by atoms with Crippen molar-refractivity contribution in [2.24, 2.45) is 10.8 Å². The Balaban J connectivity index is 3.27. The van der Waals surface area contributed by atoms with Gasteiger partial charge in [-0.25, -0.2) is 0 Å². The van der Waals surface area contributed by atoms with Gasteiger partial charge in [-0.1, -0.05) is 70.2 Å². The molecule has 1 aliphatic rings. The van der Waals surface area contributed by atoms with Crippen molar-refractivity contribution in [2.45, 2.75) is 91.6 Å². The third-order valence-corrected chi connectivity index (χ3v) is 9.09. The van der Waals surface area contributed by atoms with Crippen molar-refractivity contribution < 1.29 is 4.79 Å². The molecule has 1 aliphatic heterocycles. The van der Waals surface area contributed by atoms with Crippen molar-refractivity contribution in [2.75, 3.05) is 0 Å². The van der Waals surface area contributed by atoms with E-state index in [2.05, 4.69) is 62.3 Å². The van der Waals surface area contributed by atoms with Gasteiger partial charge < -0.3 is 0 Å².